The first-order valence-electron chi connectivity index (χ1n) is 6.24. The van der Waals surface area contributed by atoms with Crippen molar-refractivity contribution >= 4 is 33.1 Å². The van der Waals surface area contributed by atoms with Crippen LogP contribution in [0, 0.1) is 28.4 Å². The molecule has 21 heavy (non-hydrogen) atoms. The van der Waals surface area contributed by atoms with Crippen molar-refractivity contribution in [1.82, 2.24) is 4.57 Å². The Morgan fingerprint density at radius 3 is 2.86 bits per heavy atom. The van der Waals surface area contributed by atoms with Gasteiger partial charge in [0.25, 0.3) is 11.6 Å². The average molecular weight is 303 g/mol. The maximum atomic E-state index is 11.8. The Kier molecular flexibility index (Phi) is 4.19. The number of aromatic nitrogens is 1. The third-order valence-corrected chi connectivity index (χ3v) is 3.87. The highest BCUT2D eigenvalue weighted by Gasteiger charge is 2.13. The molecule has 0 aliphatic carbocycles. The summed E-state index contributed by atoms with van der Waals surface area (Å²) in [6, 6.07) is 4.50. The number of terminal acetylenes is 1. The maximum absolute atomic E-state index is 11.8. The fourth-order valence-electron chi connectivity index (χ4n) is 1.73. The Labute approximate surface area is 124 Å². The second-order valence-electron chi connectivity index (χ2n) is 4.69. The zero-order valence-electron chi connectivity index (χ0n) is 11.6. The number of nitro groups is 1. The van der Waals surface area contributed by atoms with Gasteiger partial charge in [-0.2, -0.15) is 4.99 Å². The average Bonchev–Trinajstić information content (AvgIpc) is 2.76. The van der Waals surface area contributed by atoms with Gasteiger partial charge in [0.05, 0.1) is 21.7 Å². The molecule has 108 valence electrons. The lowest BCUT2D eigenvalue weighted by molar-refractivity contribution is -0.384. The van der Waals surface area contributed by atoms with Crippen LogP contribution in [0.25, 0.3) is 10.2 Å². The number of rotatable bonds is 3. The molecule has 7 heteroatoms. The highest BCUT2D eigenvalue weighted by Crippen LogP contribution is 2.23. The van der Waals surface area contributed by atoms with Crippen molar-refractivity contribution in [2.45, 2.75) is 20.4 Å². The minimum atomic E-state index is -0.458. The zero-order valence-corrected chi connectivity index (χ0v) is 12.4. The van der Waals surface area contributed by atoms with Gasteiger partial charge in [-0.15, -0.1) is 6.42 Å². The van der Waals surface area contributed by atoms with E-state index in [2.05, 4.69) is 10.9 Å². The van der Waals surface area contributed by atoms with E-state index in [4.69, 9.17) is 6.42 Å². The number of thiazole rings is 1. The topological polar surface area (TPSA) is 77.5 Å². The first kappa shape index (κ1) is 14.9. The number of non-ortho nitro benzene ring substituents is 1. The predicted molar refractivity (Wildman–Crippen MR) is 80.7 cm³/mol. The van der Waals surface area contributed by atoms with Gasteiger partial charge in [0.1, 0.15) is 0 Å². The predicted octanol–water partition coefficient (Wildman–Crippen LogP) is 2.33. The Morgan fingerprint density at radius 1 is 1.57 bits per heavy atom. The molecule has 0 radical (unpaired) electrons. The van der Waals surface area contributed by atoms with Gasteiger partial charge in [-0.25, -0.2) is 0 Å². The minimum Gasteiger partial charge on any atom is -0.305 e. The summed E-state index contributed by atoms with van der Waals surface area (Å²) in [7, 11) is 0. The lowest BCUT2D eigenvalue weighted by Gasteiger charge is -2.00. The van der Waals surface area contributed by atoms with E-state index in [0.717, 1.165) is 5.52 Å². The van der Waals surface area contributed by atoms with Crippen LogP contribution in [0.4, 0.5) is 5.69 Å². The summed E-state index contributed by atoms with van der Waals surface area (Å²) in [6.45, 7) is 3.77. The molecule has 0 fully saturated rings. The van der Waals surface area contributed by atoms with E-state index in [9.17, 15) is 14.9 Å². The molecule has 1 amide bonds. The maximum Gasteiger partial charge on any atom is 0.270 e. The lowest BCUT2D eigenvalue weighted by atomic mass is 10.2. The summed E-state index contributed by atoms with van der Waals surface area (Å²) in [6.07, 6.45) is 5.35. The zero-order chi connectivity index (χ0) is 15.6. The fraction of sp³-hybridized carbons (Fsp3) is 0.286. The molecule has 0 saturated heterocycles. The van der Waals surface area contributed by atoms with Crippen LogP contribution in [0.1, 0.15) is 13.8 Å². The number of nitrogens with zero attached hydrogens (tertiary/aromatic N) is 3. The molecule has 0 saturated carbocycles. The van der Waals surface area contributed by atoms with E-state index in [1.807, 2.05) is 0 Å². The van der Waals surface area contributed by atoms with E-state index in [1.165, 1.54) is 23.5 Å². The van der Waals surface area contributed by atoms with Crippen molar-refractivity contribution in [3.05, 3.63) is 33.1 Å². The molecule has 0 aliphatic rings. The number of fused-ring (bicyclic) bond motifs is 1. The summed E-state index contributed by atoms with van der Waals surface area (Å²) < 4.78 is 2.39. The summed E-state index contributed by atoms with van der Waals surface area (Å²) in [5.41, 5.74) is 0.734. The molecule has 0 unspecified atom stereocenters. The Hall–Kier alpha value is -2.46. The monoisotopic (exact) mass is 303 g/mol. The molecule has 2 aromatic rings. The molecule has 1 aromatic carbocycles. The summed E-state index contributed by atoms with van der Waals surface area (Å²) in [5, 5.41) is 10.8. The first-order valence-corrected chi connectivity index (χ1v) is 7.05. The summed E-state index contributed by atoms with van der Waals surface area (Å²) >= 11 is 1.22. The van der Waals surface area contributed by atoms with Crippen LogP contribution < -0.4 is 4.80 Å². The van der Waals surface area contributed by atoms with Gasteiger partial charge in [-0.3, -0.25) is 14.9 Å². The Balaban J connectivity index is 2.70. The third-order valence-electron chi connectivity index (χ3n) is 2.83. The van der Waals surface area contributed by atoms with Crippen LogP contribution in [0.3, 0.4) is 0 Å². The smallest absolute Gasteiger partial charge is 0.270 e. The summed E-state index contributed by atoms with van der Waals surface area (Å²) in [4.78, 5) is 26.7. The van der Waals surface area contributed by atoms with E-state index in [0.29, 0.717) is 9.50 Å². The third kappa shape index (κ3) is 3.01. The van der Waals surface area contributed by atoms with Crippen molar-refractivity contribution in [3.63, 3.8) is 0 Å². The molecule has 2 rings (SSSR count). The van der Waals surface area contributed by atoms with Crippen molar-refractivity contribution < 1.29 is 9.72 Å². The van der Waals surface area contributed by atoms with Gasteiger partial charge in [0.15, 0.2) is 4.80 Å². The van der Waals surface area contributed by atoms with Crippen molar-refractivity contribution in [1.29, 1.82) is 0 Å². The Bertz CT molecular complexity index is 824. The van der Waals surface area contributed by atoms with Gasteiger partial charge >= 0.3 is 0 Å². The van der Waals surface area contributed by atoms with E-state index in [1.54, 1.807) is 24.5 Å². The van der Waals surface area contributed by atoms with Crippen LogP contribution >= 0.6 is 11.3 Å². The molecule has 1 aromatic heterocycles. The summed E-state index contributed by atoms with van der Waals surface area (Å²) in [5.74, 6) is 2.04. The normalized spacial score (nSPS) is 11.8. The molecular formula is C14H13N3O3S. The first-order chi connectivity index (χ1) is 9.93. The lowest BCUT2D eigenvalue weighted by Crippen LogP contribution is -2.18. The Morgan fingerprint density at radius 2 is 2.29 bits per heavy atom. The highest BCUT2D eigenvalue weighted by molar-refractivity contribution is 7.16. The van der Waals surface area contributed by atoms with Crippen molar-refractivity contribution in [2.75, 3.05) is 0 Å². The molecule has 0 atom stereocenters. The number of amides is 1. The van der Waals surface area contributed by atoms with Gasteiger partial charge in [-0.1, -0.05) is 31.1 Å². The van der Waals surface area contributed by atoms with Crippen LogP contribution in [0.2, 0.25) is 0 Å². The number of carbonyl (C=O) groups excluding carboxylic acids is 1. The SMILES string of the molecule is C#CCn1c(=NC(=O)C(C)C)sc2cc([N+](=O)[O-])ccc21. The molecule has 0 N–H and O–H groups in total. The number of benzene rings is 1. The van der Waals surface area contributed by atoms with Crippen LogP contribution in [-0.2, 0) is 11.3 Å². The molecule has 0 bridgehead atoms. The second kappa shape index (κ2) is 5.89. The van der Waals surface area contributed by atoms with Gasteiger partial charge in [0.2, 0.25) is 0 Å². The molecular weight excluding hydrogens is 290 g/mol. The molecule has 1 heterocycles. The van der Waals surface area contributed by atoms with Crippen LogP contribution in [0.5, 0.6) is 0 Å². The largest absolute Gasteiger partial charge is 0.305 e. The van der Waals surface area contributed by atoms with Crippen LogP contribution in [-0.4, -0.2) is 15.4 Å². The quantitative estimate of drug-likeness (QED) is 0.496. The van der Waals surface area contributed by atoms with Crippen molar-refractivity contribution in [3.8, 4) is 12.3 Å². The highest BCUT2D eigenvalue weighted by atomic mass is 32.1. The molecule has 0 spiro atoms. The van der Waals surface area contributed by atoms with E-state index < -0.39 is 4.92 Å². The van der Waals surface area contributed by atoms with Crippen molar-refractivity contribution in [2.24, 2.45) is 10.9 Å². The van der Waals surface area contributed by atoms with Gasteiger partial charge < -0.3 is 4.57 Å². The molecule has 6 nitrogen and oxygen atoms in total. The number of carbonyl (C=O) groups is 1. The minimum absolute atomic E-state index is 0.00153. The van der Waals surface area contributed by atoms with Gasteiger partial charge in [0, 0.05) is 18.1 Å². The van der Waals surface area contributed by atoms with Gasteiger partial charge in [-0.05, 0) is 6.07 Å². The standard InChI is InChI=1S/C14H13N3O3S/c1-4-7-16-11-6-5-10(17(19)20)8-12(11)21-14(16)15-13(18)9(2)3/h1,5-6,8-9H,7H2,2-3H3. The van der Waals surface area contributed by atoms with Crippen LogP contribution in [0.15, 0.2) is 23.2 Å². The number of hydrogen-bond acceptors (Lipinski definition) is 4. The molecule has 0 aliphatic heterocycles. The van der Waals surface area contributed by atoms with E-state index >= 15 is 0 Å². The number of hydrogen-bond donors (Lipinski definition) is 0. The van der Waals surface area contributed by atoms with E-state index in [-0.39, 0.29) is 24.1 Å². The second-order valence-corrected chi connectivity index (χ2v) is 5.70. The fourth-order valence-corrected chi connectivity index (χ4v) is 2.80. The number of nitro benzene ring substituents is 1.